The quantitative estimate of drug-likeness (QED) is 0.867. The fourth-order valence-electron chi connectivity index (χ4n) is 4.20. The van der Waals surface area contributed by atoms with Crippen LogP contribution in [0.3, 0.4) is 0 Å². The molecule has 118 valence electrons. The molecule has 0 bridgehead atoms. The summed E-state index contributed by atoms with van der Waals surface area (Å²) in [5.74, 6) is 0.563. The van der Waals surface area contributed by atoms with Crippen LogP contribution < -0.4 is 0 Å². The van der Waals surface area contributed by atoms with E-state index in [1.165, 1.54) is 18.5 Å². The molecule has 2 unspecified atom stereocenters. The highest BCUT2D eigenvalue weighted by Gasteiger charge is 2.43. The molecular formula is C17H28N2O2. The highest BCUT2D eigenvalue weighted by Crippen LogP contribution is 2.39. The lowest BCUT2D eigenvalue weighted by molar-refractivity contribution is -0.134. The van der Waals surface area contributed by atoms with E-state index in [0.717, 1.165) is 51.6 Å². The minimum atomic E-state index is -0.447. The van der Waals surface area contributed by atoms with E-state index in [9.17, 15) is 9.90 Å². The highest BCUT2D eigenvalue weighted by atomic mass is 16.3. The van der Waals surface area contributed by atoms with Crippen LogP contribution in [0.1, 0.15) is 51.4 Å². The zero-order valence-electron chi connectivity index (χ0n) is 13.2. The zero-order valence-corrected chi connectivity index (χ0v) is 13.2. The first-order valence-corrected chi connectivity index (χ1v) is 8.49. The van der Waals surface area contributed by atoms with Crippen LogP contribution in [0.5, 0.6) is 0 Å². The van der Waals surface area contributed by atoms with Gasteiger partial charge in [0.25, 0.3) is 0 Å². The van der Waals surface area contributed by atoms with E-state index < -0.39 is 5.60 Å². The summed E-state index contributed by atoms with van der Waals surface area (Å²) in [6, 6.07) is 0. The third-order valence-electron chi connectivity index (χ3n) is 5.69. The molecule has 4 heteroatoms. The zero-order chi connectivity index (χ0) is 14.9. The molecular weight excluding hydrogens is 264 g/mol. The molecule has 3 aliphatic rings. The largest absolute Gasteiger partial charge is 0.390 e. The lowest BCUT2D eigenvalue weighted by Crippen LogP contribution is -2.54. The number of hydrogen-bond donors (Lipinski definition) is 1. The molecule has 2 aliphatic carbocycles. The molecule has 1 heterocycles. The van der Waals surface area contributed by atoms with E-state index in [1.54, 1.807) is 0 Å². The molecule has 0 radical (unpaired) electrons. The number of carbonyl (C=O) groups excluding carboxylic acids is 1. The smallest absolute Gasteiger partial charge is 0.240 e. The molecule has 2 atom stereocenters. The van der Waals surface area contributed by atoms with E-state index in [2.05, 4.69) is 11.0 Å². The van der Waals surface area contributed by atoms with Crippen molar-refractivity contribution in [3.8, 4) is 0 Å². The van der Waals surface area contributed by atoms with Crippen molar-refractivity contribution in [1.29, 1.82) is 0 Å². The summed E-state index contributed by atoms with van der Waals surface area (Å²) < 4.78 is 0. The van der Waals surface area contributed by atoms with Crippen molar-refractivity contribution in [2.24, 2.45) is 5.92 Å². The van der Waals surface area contributed by atoms with Gasteiger partial charge in [-0.15, -0.1) is 0 Å². The van der Waals surface area contributed by atoms with Crippen LogP contribution >= 0.6 is 0 Å². The fourth-order valence-corrected chi connectivity index (χ4v) is 4.20. The van der Waals surface area contributed by atoms with Gasteiger partial charge in [0.05, 0.1) is 12.1 Å². The summed E-state index contributed by atoms with van der Waals surface area (Å²) in [7, 11) is 1.90. The maximum atomic E-state index is 12.4. The molecule has 1 amide bonds. The molecule has 0 aromatic heterocycles. The number of hydrogen-bond acceptors (Lipinski definition) is 3. The molecule has 0 aromatic rings. The normalized spacial score (nSPS) is 33.4. The summed E-state index contributed by atoms with van der Waals surface area (Å²) >= 11 is 0. The molecule has 1 saturated carbocycles. The number of piperidine rings is 1. The second-order valence-corrected chi connectivity index (χ2v) is 7.07. The molecule has 21 heavy (non-hydrogen) atoms. The van der Waals surface area contributed by atoms with Crippen LogP contribution in [0.2, 0.25) is 0 Å². The Kier molecular flexibility index (Phi) is 4.36. The second-order valence-electron chi connectivity index (χ2n) is 7.07. The number of aliphatic hydroxyl groups is 1. The molecule has 3 rings (SSSR count). The van der Waals surface area contributed by atoms with E-state index in [4.69, 9.17) is 0 Å². The maximum Gasteiger partial charge on any atom is 0.240 e. The number of rotatable bonds is 3. The van der Waals surface area contributed by atoms with E-state index in [1.807, 2.05) is 11.9 Å². The third-order valence-corrected chi connectivity index (χ3v) is 5.69. The number of allylic oxidation sites excluding steroid dienone is 2. The van der Waals surface area contributed by atoms with E-state index in [-0.39, 0.29) is 5.91 Å². The Labute approximate surface area is 127 Å². The predicted octanol–water partition coefficient (Wildman–Crippen LogP) is 2.14. The summed E-state index contributed by atoms with van der Waals surface area (Å²) in [6.07, 6.45) is 10.8. The Morgan fingerprint density at radius 3 is 3.05 bits per heavy atom. The molecule has 0 spiro atoms. The standard InChI is InChI=1S/C17H28N2O2/c1-18(15-7-2-3-8-15)16(20)13-19-11-10-17(21)9-5-4-6-14(17)12-19/h7,14,21H,2-6,8-13H2,1H3. The van der Waals surface area contributed by atoms with Crippen LogP contribution in [0, 0.1) is 5.92 Å². The topological polar surface area (TPSA) is 43.8 Å². The Morgan fingerprint density at radius 1 is 1.43 bits per heavy atom. The van der Waals surface area contributed by atoms with Gasteiger partial charge in [-0.1, -0.05) is 18.9 Å². The number of likely N-dealkylation sites (N-methyl/N-ethyl adjacent to an activating group) is 1. The van der Waals surface area contributed by atoms with Gasteiger partial charge in [-0.3, -0.25) is 9.69 Å². The summed E-state index contributed by atoms with van der Waals surface area (Å²) in [5, 5.41) is 10.7. The number of nitrogens with zero attached hydrogens (tertiary/aromatic N) is 2. The predicted molar refractivity (Wildman–Crippen MR) is 82.7 cm³/mol. The number of amides is 1. The Bertz CT molecular complexity index is 435. The minimum Gasteiger partial charge on any atom is -0.390 e. The molecule has 1 N–H and O–H groups in total. The van der Waals surface area contributed by atoms with Gasteiger partial charge >= 0.3 is 0 Å². The maximum absolute atomic E-state index is 12.4. The van der Waals surface area contributed by atoms with Crippen LogP contribution in [-0.2, 0) is 4.79 Å². The molecule has 4 nitrogen and oxygen atoms in total. The van der Waals surface area contributed by atoms with Gasteiger partial charge in [0, 0.05) is 31.8 Å². The number of likely N-dealkylation sites (tertiary alicyclic amines) is 1. The second kappa shape index (κ2) is 6.09. The van der Waals surface area contributed by atoms with Crippen molar-refractivity contribution in [3.63, 3.8) is 0 Å². The fraction of sp³-hybridized carbons (Fsp3) is 0.824. The highest BCUT2D eigenvalue weighted by molar-refractivity contribution is 5.79. The van der Waals surface area contributed by atoms with Crippen LogP contribution in [-0.4, -0.2) is 53.1 Å². The SMILES string of the molecule is CN(C(=O)CN1CCC2(O)CCCCC2C1)C1=CCCC1. The lowest BCUT2D eigenvalue weighted by Gasteiger charge is -2.47. The van der Waals surface area contributed by atoms with Crippen LogP contribution in [0.25, 0.3) is 0 Å². The average molecular weight is 292 g/mol. The Hall–Kier alpha value is -0.870. The summed E-state index contributed by atoms with van der Waals surface area (Å²) in [5.41, 5.74) is 0.740. The van der Waals surface area contributed by atoms with Crippen molar-refractivity contribution in [2.45, 2.75) is 57.0 Å². The summed E-state index contributed by atoms with van der Waals surface area (Å²) in [6.45, 7) is 2.24. The van der Waals surface area contributed by atoms with Crippen molar-refractivity contribution < 1.29 is 9.90 Å². The van der Waals surface area contributed by atoms with Crippen LogP contribution in [0.15, 0.2) is 11.8 Å². The van der Waals surface area contributed by atoms with Crippen molar-refractivity contribution in [2.75, 3.05) is 26.7 Å². The van der Waals surface area contributed by atoms with Gasteiger partial charge in [0.1, 0.15) is 0 Å². The van der Waals surface area contributed by atoms with Gasteiger partial charge in [-0.25, -0.2) is 0 Å². The van der Waals surface area contributed by atoms with Gasteiger partial charge in [-0.2, -0.15) is 0 Å². The first-order chi connectivity index (χ1) is 10.1. The number of carbonyl (C=O) groups is 1. The third kappa shape index (κ3) is 3.16. The van der Waals surface area contributed by atoms with Crippen molar-refractivity contribution in [1.82, 2.24) is 9.80 Å². The molecule has 0 aromatic carbocycles. The first-order valence-electron chi connectivity index (χ1n) is 8.49. The Morgan fingerprint density at radius 2 is 2.29 bits per heavy atom. The molecule has 1 aliphatic heterocycles. The van der Waals surface area contributed by atoms with E-state index in [0.29, 0.717) is 12.5 Å². The molecule has 2 fully saturated rings. The Balaban J connectivity index is 1.55. The first kappa shape index (κ1) is 15.0. The van der Waals surface area contributed by atoms with Crippen LogP contribution in [0.4, 0.5) is 0 Å². The number of fused-ring (bicyclic) bond motifs is 1. The molecule has 1 saturated heterocycles. The minimum absolute atomic E-state index is 0.199. The summed E-state index contributed by atoms with van der Waals surface area (Å²) in [4.78, 5) is 16.5. The monoisotopic (exact) mass is 292 g/mol. The van der Waals surface area contributed by atoms with Gasteiger partial charge < -0.3 is 10.0 Å². The van der Waals surface area contributed by atoms with E-state index >= 15 is 0 Å². The average Bonchev–Trinajstić information content (AvgIpc) is 3.00. The van der Waals surface area contributed by atoms with Gasteiger partial charge in [-0.05, 0) is 38.5 Å². The lowest BCUT2D eigenvalue weighted by atomic mass is 9.71. The van der Waals surface area contributed by atoms with Crippen molar-refractivity contribution >= 4 is 5.91 Å². The van der Waals surface area contributed by atoms with Crippen molar-refractivity contribution in [3.05, 3.63) is 11.8 Å². The van der Waals surface area contributed by atoms with Gasteiger partial charge in [0.15, 0.2) is 0 Å². The van der Waals surface area contributed by atoms with Gasteiger partial charge in [0.2, 0.25) is 5.91 Å².